The first-order chi connectivity index (χ1) is 14.5. The molecule has 1 aromatic heterocycles. The fourth-order valence-electron chi connectivity index (χ4n) is 3.47. The van der Waals surface area contributed by atoms with Crippen LogP contribution in [-0.2, 0) is 0 Å². The lowest BCUT2D eigenvalue weighted by Gasteiger charge is -2.15. The van der Waals surface area contributed by atoms with Crippen molar-refractivity contribution >= 4 is 11.6 Å². The van der Waals surface area contributed by atoms with Gasteiger partial charge >= 0.3 is 0 Å². The summed E-state index contributed by atoms with van der Waals surface area (Å²) in [6.07, 6.45) is 3.45. The van der Waals surface area contributed by atoms with Crippen molar-refractivity contribution in [2.45, 2.75) is 13.8 Å². The van der Waals surface area contributed by atoms with E-state index in [4.69, 9.17) is 0 Å². The van der Waals surface area contributed by atoms with Crippen molar-refractivity contribution in [3.63, 3.8) is 0 Å². The number of aromatic nitrogens is 2. The van der Waals surface area contributed by atoms with Crippen LogP contribution in [0.4, 0.5) is 0 Å². The largest absolute Gasteiger partial charge is 0.295 e. The predicted molar refractivity (Wildman–Crippen MR) is 118 cm³/mol. The maximum absolute atomic E-state index is 11.7. The number of rotatable bonds is 5. The van der Waals surface area contributed by atoms with E-state index in [1.165, 1.54) is 0 Å². The molecule has 0 atom stereocenters. The molecule has 4 nitrogen and oxygen atoms in total. The molecule has 0 aliphatic carbocycles. The molecule has 0 saturated carbocycles. The third-order valence-corrected chi connectivity index (χ3v) is 5.06. The summed E-state index contributed by atoms with van der Waals surface area (Å²) in [6.45, 7) is 3.12. The van der Waals surface area contributed by atoms with Crippen LogP contribution in [0.3, 0.4) is 0 Å². The van der Waals surface area contributed by atoms with E-state index in [-0.39, 0.29) is 11.6 Å². The van der Waals surface area contributed by atoms with Crippen LogP contribution in [0.1, 0.15) is 34.6 Å². The lowest BCUT2D eigenvalue weighted by molar-refractivity contribution is 0.100. The maximum Gasteiger partial charge on any atom is 0.160 e. The van der Waals surface area contributed by atoms with Crippen LogP contribution < -0.4 is 0 Å². The summed E-state index contributed by atoms with van der Waals surface area (Å²) in [6, 6.07) is 23.0. The molecule has 4 rings (SSSR count). The van der Waals surface area contributed by atoms with Crippen LogP contribution in [0.2, 0.25) is 0 Å². The molecule has 0 amide bonds. The second-order valence-corrected chi connectivity index (χ2v) is 7.07. The van der Waals surface area contributed by atoms with Gasteiger partial charge in [-0.1, -0.05) is 66.7 Å². The van der Waals surface area contributed by atoms with Gasteiger partial charge in [-0.2, -0.15) is 0 Å². The fraction of sp³-hybridized carbons (Fsp3) is 0.0769. The van der Waals surface area contributed by atoms with Crippen molar-refractivity contribution < 1.29 is 9.59 Å². The van der Waals surface area contributed by atoms with Gasteiger partial charge in [0, 0.05) is 29.1 Å². The third kappa shape index (κ3) is 3.80. The number of carbonyl (C=O) groups is 2. The zero-order chi connectivity index (χ0) is 21.1. The highest BCUT2D eigenvalue weighted by atomic mass is 16.1. The number of hydrogen-bond acceptors (Lipinski definition) is 4. The van der Waals surface area contributed by atoms with E-state index in [0.717, 1.165) is 27.8 Å². The van der Waals surface area contributed by atoms with Gasteiger partial charge in [0.25, 0.3) is 0 Å². The number of hydrogen-bond donors (Lipinski definition) is 0. The normalized spacial score (nSPS) is 10.6. The van der Waals surface area contributed by atoms with Crippen LogP contribution in [-0.4, -0.2) is 21.5 Å². The summed E-state index contributed by atoms with van der Waals surface area (Å²) in [7, 11) is 0. The molecule has 30 heavy (non-hydrogen) atoms. The molecule has 0 N–H and O–H groups in total. The quantitative estimate of drug-likeness (QED) is 0.398. The lowest BCUT2D eigenvalue weighted by Crippen LogP contribution is -1.96. The Kier molecular flexibility index (Phi) is 5.31. The molecule has 0 aliphatic heterocycles. The summed E-state index contributed by atoms with van der Waals surface area (Å²) < 4.78 is 0. The van der Waals surface area contributed by atoms with Crippen molar-refractivity contribution in [1.29, 1.82) is 0 Å². The van der Waals surface area contributed by atoms with Gasteiger partial charge in [0.1, 0.15) is 0 Å². The monoisotopic (exact) mass is 392 g/mol. The molecule has 0 unspecified atom stereocenters. The zero-order valence-corrected chi connectivity index (χ0v) is 16.8. The van der Waals surface area contributed by atoms with Crippen LogP contribution in [0.25, 0.3) is 33.6 Å². The molecular weight excluding hydrogens is 372 g/mol. The summed E-state index contributed by atoms with van der Waals surface area (Å²) in [5.74, 6) is 0.689. The van der Waals surface area contributed by atoms with E-state index in [1.54, 1.807) is 32.3 Å². The summed E-state index contributed by atoms with van der Waals surface area (Å²) in [5, 5.41) is 0. The molecule has 3 aromatic carbocycles. The van der Waals surface area contributed by atoms with E-state index in [0.29, 0.717) is 17.0 Å². The summed E-state index contributed by atoms with van der Waals surface area (Å²) >= 11 is 0. The third-order valence-electron chi connectivity index (χ3n) is 5.06. The number of benzene rings is 3. The van der Waals surface area contributed by atoms with E-state index >= 15 is 0 Å². The highest BCUT2D eigenvalue weighted by Crippen LogP contribution is 2.38. The average molecular weight is 392 g/mol. The Hall–Kier alpha value is -3.92. The molecule has 4 heteroatoms. The molecule has 146 valence electrons. The number of ketones is 2. The number of Topliss-reactive ketones (excluding diaryl/α,β-unsaturated/α-hetero) is 2. The Morgan fingerprint density at radius 2 is 1.03 bits per heavy atom. The zero-order valence-electron chi connectivity index (χ0n) is 16.8. The van der Waals surface area contributed by atoms with Crippen LogP contribution >= 0.6 is 0 Å². The van der Waals surface area contributed by atoms with Gasteiger partial charge < -0.3 is 0 Å². The Balaban J connectivity index is 1.92. The average Bonchev–Trinajstić information content (AvgIpc) is 2.79. The molecule has 0 aliphatic rings. The highest BCUT2D eigenvalue weighted by molar-refractivity contribution is 5.97. The fourth-order valence-corrected chi connectivity index (χ4v) is 3.47. The van der Waals surface area contributed by atoms with Crippen molar-refractivity contribution in [3.8, 4) is 33.6 Å². The van der Waals surface area contributed by atoms with E-state index in [9.17, 15) is 9.59 Å². The van der Waals surface area contributed by atoms with Crippen LogP contribution in [0.5, 0.6) is 0 Å². The molecule has 0 spiro atoms. The molecule has 0 saturated heterocycles. The molecule has 0 bridgehead atoms. The van der Waals surface area contributed by atoms with Crippen molar-refractivity contribution in [2.24, 2.45) is 0 Å². The van der Waals surface area contributed by atoms with Crippen molar-refractivity contribution in [3.05, 3.63) is 96.3 Å². The highest BCUT2D eigenvalue weighted by Gasteiger charge is 2.16. The van der Waals surface area contributed by atoms with Gasteiger partial charge in [0.2, 0.25) is 0 Å². The van der Waals surface area contributed by atoms with Gasteiger partial charge in [0.05, 0.1) is 0 Å². The Labute approximate surface area is 175 Å². The smallest absolute Gasteiger partial charge is 0.160 e. The van der Waals surface area contributed by atoms with Crippen molar-refractivity contribution in [1.82, 2.24) is 9.97 Å². The van der Waals surface area contributed by atoms with Gasteiger partial charge in [0.15, 0.2) is 17.4 Å². The summed E-state index contributed by atoms with van der Waals surface area (Å²) in [4.78, 5) is 32.3. The topological polar surface area (TPSA) is 59.9 Å². The van der Waals surface area contributed by atoms with Gasteiger partial charge in [-0.25, -0.2) is 9.97 Å². The van der Waals surface area contributed by atoms with Gasteiger partial charge in [-0.15, -0.1) is 0 Å². The first kappa shape index (κ1) is 19.4. The van der Waals surface area contributed by atoms with Crippen molar-refractivity contribution in [2.75, 3.05) is 0 Å². The Bertz CT molecular complexity index is 1140. The second-order valence-electron chi connectivity index (χ2n) is 7.07. The van der Waals surface area contributed by atoms with E-state index in [2.05, 4.69) is 9.97 Å². The molecular formula is C26H20N2O2. The number of carbonyl (C=O) groups excluding carboxylic acids is 2. The van der Waals surface area contributed by atoms with Crippen LogP contribution in [0, 0.1) is 0 Å². The molecule has 1 heterocycles. The molecule has 0 radical (unpaired) electrons. The molecule has 0 fully saturated rings. The minimum Gasteiger partial charge on any atom is -0.295 e. The van der Waals surface area contributed by atoms with E-state index in [1.807, 2.05) is 66.7 Å². The van der Waals surface area contributed by atoms with Gasteiger partial charge in [-0.3, -0.25) is 9.59 Å². The predicted octanol–water partition coefficient (Wildman–Crippen LogP) is 5.88. The Morgan fingerprint density at radius 1 is 0.600 bits per heavy atom. The SMILES string of the molecule is CC(=O)c1ccc(-c2cccc(-c3ccc(C(C)=O)cc3)c2-c2ncccn2)cc1. The Morgan fingerprint density at radius 3 is 1.43 bits per heavy atom. The maximum atomic E-state index is 11.7. The lowest BCUT2D eigenvalue weighted by atomic mass is 9.90. The van der Waals surface area contributed by atoms with Gasteiger partial charge in [-0.05, 0) is 42.2 Å². The minimum absolute atomic E-state index is 0.0347. The minimum atomic E-state index is 0.0347. The summed E-state index contributed by atoms with van der Waals surface area (Å²) in [5.41, 5.74) is 6.16. The van der Waals surface area contributed by atoms with Crippen LogP contribution in [0.15, 0.2) is 85.2 Å². The number of nitrogens with zero attached hydrogens (tertiary/aromatic N) is 2. The first-order valence-electron chi connectivity index (χ1n) is 9.68. The standard InChI is InChI=1S/C26H20N2O2/c1-17(29)19-7-11-21(12-8-19)23-5-3-6-24(25(23)26-27-15-4-16-28-26)22-13-9-20(10-14-22)18(2)30/h3-16H,1-2H3. The molecule has 4 aromatic rings. The van der Waals surface area contributed by atoms with E-state index < -0.39 is 0 Å². The first-order valence-corrected chi connectivity index (χ1v) is 9.68. The second kappa shape index (κ2) is 8.21.